The second-order valence-electron chi connectivity index (χ2n) is 4.89. The zero-order valence-electron chi connectivity index (χ0n) is 12.0. The number of carbonyl (C=O) groups is 1. The van der Waals surface area contributed by atoms with Gasteiger partial charge in [0.05, 0.1) is 17.1 Å². The fraction of sp³-hybridized carbons (Fsp3) is 0.188. The Bertz CT molecular complexity index is 605. The molecule has 2 aromatic rings. The molecular formula is C16H19N3O. The molecule has 4 heteroatoms. The van der Waals surface area contributed by atoms with Gasteiger partial charge in [-0.25, -0.2) is 4.79 Å². The molecule has 20 heavy (non-hydrogen) atoms. The smallest absolute Gasteiger partial charge is 0.323 e. The molecule has 0 heterocycles. The molecule has 0 aliphatic heterocycles. The van der Waals surface area contributed by atoms with Crippen molar-refractivity contribution in [2.24, 2.45) is 5.73 Å². The van der Waals surface area contributed by atoms with E-state index < -0.39 is 6.03 Å². The summed E-state index contributed by atoms with van der Waals surface area (Å²) in [5.41, 5.74) is 9.18. The van der Waals surface area contributed by atoms with Crippen LogP contribution in [0.25, 0.3) is 0 Å². The van der Waals surface area contributed by atoms with Gasteiger partial charge in [-0.05, 0) is 31.2 Å². The number of anilines is 3. The van der Waals surface area contributed by atoms with Crippen LogP contribution in [-0.2, 0) is 0 Å². The minimum absolute atomic E-state index is 0.497. The Hall–Kier alpha value is -2.49. The lowest BCUT2D eigenvalue weighted by Crippen LogP contribution is -2.32. The number of urea groups is 1. The summed E-state index contributed by atoms with van der Waals surface area (Å²) in [7, 11) is 3.88. The second-order valence-corrected chi connectivity index (χ2v) is 4.89. The first-order chi connectivity index (χ1) is 9.50. The number of hydrogen-bond acceptors (Lipinski definition) is 2. The van der Waals surface area contributed by atoms with Crippen molar-refractivity contribution in [1.82, 2.24) is 0 Å². The molecule has 2 rings (SSSR count). The highest BCUT2D eigenvalue weighted by Gasteiger charge is 2.18. The maximum Gasteiger partial charge on any atom is 0.323 e. The van der Waals surface area contributed by atoms with Gasteiger partial charge in [-0.3, -0.25) is 4.90 Å². The molecule has 0 unspecified atom stereocenters. The molecule has 0 fully saturated rings. The van der Waals surface area contributed by atoms with Crippen LogP contribution in [0, 0.1) is 6.92 Å². The van der Waals surface area contributed by atoms with Crippen LogP contribution in [0.5, 0.6) is 0 Å². The van der Waals surface area contributed by atoms with Crippen LogP contribution < -0.4 is 15.5 Å². The highest BCUT2D eigenvalue weighted by Crippen LogP contribution is 2.33. The van der Waals surface area contributed by atoms with Crippen LogP contribution in [0.3, 0.4) is 0 Å². The van der Waals surface area contributed by atoms with Crippen molar-refractivity contribution in [3.63, 3.8) is 0 Å². The van der Waals surface area contributed by atoms with Gasteiger partial charge in [0.25, 0.3) is 0 Å². The van der Waals surface area contributed by atoms with E-state index >= 15 is 0 Å². The molecule has 4 nitrogen and oxygen atoms in total. The first-order valence-corrected chi connectivity index (χ1v) is 6.43. The van der Waals surface area contributed by atoms with Crippen LogP contribution in [0.4, 0.5) is 21.9 Å². The highest BCUT2D eigenvalue weighted by molar-refractivity contribution is 6.01. The summed E-state index contributed by atoms with van der Waals surface area (Å²) in [5, 5.41) is 0. The summed E-state index contributed by atoms with van der Waals surface area (Å²) in [6, 6.07) is 14.9. The van der Waals surface area contributed by atoms with E-state index in [1.807, 2.05) is 74.4 Å². The van der Waals surface area contributed by atoms with Gasteiger partial charge in [0.1, 0.15) is 0 Å². The minimum Gasteiger partial charge on any atom is -0.376 e. The number of carbonyl (C=O) groups excluding carboxylic acids is 1. The lowest BCUT2D eigenvalue weighted by molar-refractivity contribution is 0.256. The number of benzene rings is 2. The number of aryl methyl sites for hydroxylation is 1. The number of primary amides is 1. The monoisotopic (exact) mass is 269 g/mol. The van der Waals surface area contributed by atoms with E-state index in [0.717, 1.165) is 22.6 Å². The summed E-state index contributed by atoms with van der Waals surface area (Å²) in [6.45, 7) is 2.01. The molecule has 0 radical (unpaired) electrons. The Morgan fingerprint density at radius 3 is 2.00 bits per heavy atom. The highest BCUT2D eigenvalue weighted by atomic mass is 16.2. The predicted octanol–water partition coefficient (Wildman–Crippen LogP) is 3.28. The molecular weight excluding hydrogens is 250 g/mol. The van der Waals surface area contributed by atoms with Crippen molar-refractivity contribution < 1.29 is 4.79 Å². The third-order valence-corrected chi connectivity index (χ3v) is 3.12. The third-order valence-electron chi connectivity index (χ3n) is 3.12. The predicted molar refractivity (Wildman–Crippen MR) is 83.7 cm³/mol. The molecule has 2 amide bonds. The van der Waals surface area contributed by atoms with E-state index in [1.165, 1.54) is 4.90 Å². The van der Waals surface area contributed by atoms with Crippen molar-refractivity contribution >= 4 is 23.1 Å². The van der Waals surface area contributed by atoms with Crippen molar-refractivity contribution in [3.05, 3.63) is 54.1 Å². The molecule has 104 valence electrons. The van der Waals surface area contributed by atoms with E-state index in [9.17, 15) is 4.79 Å². The summed E-state index contributed by atoms with van der Waals surface area (Å²) >= 11 is 0. The standard InChI is InChI=1S/C16H19N3O/c1-12-8-10-13(11-9-12)19(16(17)20)15-7-5-4-6-14(15)18(2)3/h4-11H,1-3H3,(H2,17,20). The first-order valence-electron chi connectivity index (χ1n) is 6.43. The molecule has 0 bridgehead atoms. The van der Waals surface area contributed by atoms with Crippen LogP contribution >= 0.6 is 0 Å². The molecule has 0 aliphatic carbocycles. The van der Waals surface area contributed by atoms with Crippen LogP contribution in [0.15, 0.2) is 48.5 Å². The van der Waals surface area contributed by atoms with Gasteiger partial charge in [-0.2, -0.15) is 0 Å². The number of para-hydroxylation sites is 2. The lowest BCUT2D eigenvalue weighted by atomic mass is 10.2. The molecule has 2 N–H and O–H groups in total. The Balaban J connectivity index is 2.55. The topological polar surface area (TPSA) is 49.6 Å². The van der Waals surface area contributed by atoms with Gasteiger partial charge in [0.2, 0.25) is 0 Å². The van der Waals surface area contributed by atoms with Crippen molar-refractivity contribution in [2.75, 3.05) is 23.9 Å². The number of hydrogen-bond donors (Lipinski definition) is 1. The van der Waals surface area contributed by atoms with Gasteiger partial charge in [0.15, 0.2) is 0 Å². The van der Waals surface area contributed by atoms with Crippen molar-refractivity contribution in [2.45, 2.75) is 6.92 Å². The SMILES string of the molecule is Cc1ccc(N(C(N)=O)c2ccccc2N(C)C)cc1. The van der Waals surface area contributed by atoms with Crippen LogP contribution in [0.1, 0.15) is 5.56 Å². The number of rotatable bonds is 3. The lowest BCUT2D eigenvalue weighted by Gasteiger charge is -2.26. The Labute approximate surface area is 119 Å². The molecule has 0 spiro atoms. The molecule has 0 saturated heterocycles. The number of nitrogens with two attached hydrogens (primary N) is 1. The van der Waals surface area contributed by atoms with E-state index in [4.69, 9.17) is 5.73 Å². The second kappa shape index (κ2) is 5.65. The van der Waals surface area contributed by atoms with E-state index in [0.29, 0.717) is 0 Å². The molecule has 2 aromatic carbocycles. The van der Waals surface area contributed by atoms with Crippen LogP contribution in [-0.4, -0.2) is 20.1 Å². The average molecular weight is 269 g/mol. The van der Waals surface area contributed by atoms with Gasteiger partial charge < -0.3 is 10.6 Å². The summed E-state index contributed by atoms with van der Waals surface area (Å²) in [5.74, 6) is 0. The average Bonchev–Trinajstić information content (AvgIpc) is 2.41. The van der Waals surface area contributed by atoms with Gasteiger partial charge in [-0.1, -0.05) is 29.8 Å². The van der Waals surface area contributed by atoms with Gasteiger partial charge in [0, 0.05) is 14.1 Å². The van der Waals surface area contributed by atoms with Crippen molar-refractivity contribution in [1.29, 1.82) is 0 Å². The van der Waals surface area contributed by atoms with Gasteiger partial charge in [-0.15, -0.1) is 0 Å². The van der Waals surface area contributed by atoms with Crippen LogP contribution in [0.2, 0.25) is 0 Å². The zero-order valence-corrected chi connectivity index (χ0v) is 12.0. The maximum atomic E-state index is 11.9. The Morgan fingerprint density at radius 2 is 1.50 bits per heavy atom. The molecule has 0 aromatic heterocycles. The van der Waals surface area contributed by atoms with E-state index in [2.05, 4.69) is 0 Å². The number of nitrogens with zero attached hydrogens (tertiary/aromatic N) is 2. The zero-order chi connectivity index (χ0) is 14.7. The normalized spacial score (nSPS) is 10.2. The molecule has 0 saturated carbocycles. The summed E-state index contributed by atoms with van der Waals surface area (Å²) < 4.78 is 0. The summed E-state index contributed by atoms with van der Waals surface area (Å²) in [6.07, 6.45) is 0. The first kappa shape index (κ1) is 13.9. The Kier molecular flexibility index (Phi) is 3.94. The van der Waals surface area contributed by atoms with Gasteiger partial charge >= 0.3 is 6.03 Å². The number of amides is 2. The third kappa shape index (κ3) is 2.74. The van der Waals surface area contributed by atoms with E-state index in [-0.39, 0.29) is 0 Å². The fourth-order valence-electron chi connectivity index (χ4n) is 2.11. The largest absolute Gasteiger partial charge is 0.376 e. The quantitative estimate of drug-likeness (QED) is 0.929. The maximum absolute atomic E-state index is 11.9. The minimum atomic E-state index is -0.497. The fourth-order valence-corrected chi connectivity index (χ4v) is 2.11. The molecule has 0 atom stereocenters. The van der Waals surface area contributed by atoms with Crippen molar-refractivity contribution in [3.8, 4) is 0 Å². The Morgan fingerprint density at radius 1 is 0.950 bits per heavy atom. The van der Waals surface area contributed by atoms with E-state index in [1.54, 1.807) is 0 Å². The summed E-state index contributed by atoms with van der Waals surface area (Å²) in [4.78, 5) is 15.4. The molecule has 0 aliphatic rings.